The average Bonchev–Trinajstić information content (AvgIpc) is 2.97. The third-order valence-corrected chi connectivity index (χ3v) is 2.58. The van der Waals surface area contributed by atoms with Crippen molar-refractivity contribution >= 4 is 0 Å². The fraction of sp³-hybridized carbons (Fsp3) is 0.556. The van der Waals surface area contributed by atoms with Gasteiger partial charge >= 0.3 is 0 Å². The number of aromatic nitrogens is 5. The number of nitrogens with zero attached hydrogens (tertiary/aromatic N) is 4. The van der Waals surface area contributed by atoms with Gasteiger partial charge in [0.15, 0.2) is 5.82 Å². The average molecular weight is 221 g/mol. The summed E-state index contributed by atoms with van der Waals surface area (Å²) >= 11 is 0. The first kappa shape index (κ1) is 9.46. The predicted octanol–water partition coefficient (Wildman–Crippen LogP) is 1.09. The van der Waals surface area contributed by atoms with Gasteiger partial charge in [0.1, 0.15) is 12.4 Å². The van der Waals surface area contributed by atoms with E-state index in [4.69, 9.17) is 9.26 Å². The second kappa shape index (κ2) is 3.67. The van der Waals surface area contributed by atoms with Crippen molar-refractivity contribution in [2.75, 3.05) is 0 Å². The van der Waals surface area contributed by atoms with E-state index in [1.807, 2.05) is 6.92 Å². The number of hydrogen-bond donors (Lipinski definition) is 1. The molecule has 0 amide bonds. The summed E-state index contributed by atoms with van der Waals surface area (Å²) in [6.45, 7) is 2.04. The van der Waals surface area contributed by atoms with Crippen LogP contribution in [0.5, 0.6) is 0 Å². The maximum Gasteiger partial charge on any atom is 0.256 e. The molecule has 16 heavy (non-hydrogen) atoms. The Kier molecular flexibility index (Phi) is 2.17. The fourth-order valence-corrected chi connectivity index (χ4v) is 1.76. The summed E-state index contributed by atoms with van der Waals surface area (Å²) < 4.78 is 10.8. The van der Waals surface area contributed by atoms with Crippen LogP contribution in [0.25, 0.3) is 11.6 Å². The number of H-pyrrole nitrogens is 1. The Morgan fingerprint density at radius 3 is 3.06 bits per heavy atom. The lowest BCUT2D eigenvalue weighted by atomic mass is 10.2. The molecule has 84 valence electrons. The van der Waals surface area contributed by atoms with Gasteiger partial charge in [0, 0.05) is 0 Å². The number of aromatic amines is 1. The minimum atomic E-state index is -0.0841. The quantitative estimate of drug-likeness (QED) is 0.816. The fourth-order valence-electron chi connectivity index (χ4n) is 1.76. The van der Waals surface area contributed by atoms with Crippen LogP contribution in [0.2, 0.25) is 0 Å². The van der Waals surface area contributed by atoms with Gasteiger partial charge in [0.25, 0.3) is 5.89 Å². The van der Waals surface area contributed by atoms with Crippen molar-refractivity contribution in [3.8, 4) is 11.6 Å². The first-order valence-corrected chi connectivity index (χ1v) is 5.18. The summed E-state index contributed by atoms with van der Waals surface area (Å²) in [4.78, 5) is 8.18. The van der Waals surface area contributed by atoms with Crippen molar-refractivity contribution in [1.82, 2.24) is 25.3 Å². The highest BCUT2D eigenvalue weighted by molar-refractivity contribution is 5.39. The van der Waals surface area contributed by atoms with Gasteiger partial charge in [-0.15, -0.1) is 0 Å². The van der Waals surface area contributed by atoms with Crippen molar-refractivity contribution < 1.29 is 9.26 Å². The summed E-state index contributed by atoms with van der Waals surface area (Å²) in [6.07, 6.45) is 3.51. The van der Waals surface area contributed by atoms with E-state index in [0.29, 0.717) is 17.5 Å². The molecule has 0 bridgehead atoms. The van der Waals surface area contributed by atoms with E-state index in [1.54, 1.807) is 0 Å². The Morgan fingerprint density at radius 2 is 2.38 bits per heavy atom. The molecule has 1 N–H and O–H groups in total. The molecular formula is C9H11N5O2. The van der Waals surface area contributed by atoms with E-state index in [9.17, 15) is 0 Å². The number of ether oxygens (including phenoxy) is 1. The van der Waals surface area contributed by atoms with Crippen LogP contribution in [0, 0.1) is 0 Å². The highest BCUT2D eigenvalue weighted by Gasteiger charge is 2.28. The van der Waals surface area contributed by atoms with E-state index in [2.05, 4.69) is 25.3 Å². The first-order valence-electron chi connectivity index (χ1n) is 5.18. The highest BCUT2D eigenvalue weighted by atomic mass is 16.5. The Hall–Kier alpha value is -1.76. The van der Waals surface area contributed by atoms with Gasteiger partial charge in [0.2, 0.25) is 5.82 Å². The SMILES string of the molecule is CC1CCC(c2nc(-c3ncn[nH]3)no2)O1. The topological polar surface area (TPSA) is 89.7 Å². The van der Waals surface area contributed by atoms with E-state index >= 15 is 0 Å². The summed E-state index contributed by atoms with van der Waals surface area (Å²) in [6, 6.07) is 0. The lowest BCUT2D eigenvalue weighted by Gasteiger charge is -2.04. The summed E-state index contributed by atoms with van der Waals surface area (Å²) in [5, 5.41) is 10.2. The summed E-state index contributed by atoms with van der Waals surface area (Å²) in [5.41, 5.74) is 0. The number of nitrogens with one attached hydrogen (secondary N) is 1. The van der Waals surface area contributed by atoms with Gasteiger partial charge in [-0.3, -0.25) is 5.10 Å². The predicted molar refractivity (Wildman–Crippen MR) is 52.2 cm³/mol. The molecule has 2 unspecified atom stereocenters. The molecule has 1 fully saturated rings. The molecule has 7 heteroatoms. The van der Waals surface area contributed by atoms with Crippen molar-refractivity contribution in [3.05, 3.63) is 12.2 Å². The zero-order chi connectivity index (χ0) is 11.0. The molecule has 2 aromatic heterocycles. The van der Waals surface area contributed by atoms with Gasteiger partial charge in [-0.1, -0.05) is 5.16 Å². The molecule has 1 aliphatic heterocycles. The number of rotatable bonds is 2. The second-order valence-corrected chi connectivity index (χ2v) is 3.80. The Balaban J connectivity index is 1.83. The molecule has 2 atom stereocenters. The molecule has 0 aromatic carbocycles. The van der Waals surface area contributed by atoms with E-state index < -0.39 is 0 Å². The minimum absolute atomic E-state index is 0.0841. The zero-order valence-electron chi connectivity index (χ0n) is 8.75. The molecular weight excluding hydrogens is 210 g/mol. The number of hydrogen-bond acceptors (Lipinski definition) is 6. The van der Waals surface area contributed by atoms with Crippen LogP contribution in [0.4, 0.5) is 0 Å². The lowest BCUT2D eigenvalue weighted by Crippen LogP contribution is -2.01. The van der Waals surface area contributed by atoms with Crippen molar-refractivity contribution in [2.45, 2.75) is 32.0 Å². The van der Waals surface area contributed by atoms with Crippen LogP contribution in [-0.4, -0.2) is 31.4 Å². The van der Waals surface area contributed by atoms with Crippen molar-refractivity contribution in [2.24, 2.45) is 0 Å². The molecule has 7 nitrogen and oxygen atoms in total. The van der Waals surface area contributed by atoms with Crippen molar-refractivity contribution in [1.29, 1.82) is 0 Å². The van der Waals surface area contributed by atoms with Gasteiger partial charge in [-0.2, -0.15) is 10.1 Å². The molecule has 0 radical (unpaired) electrons. The summed E-state index contributed by atoms with van der Waals surface area (Å²) in [5.74, 6) is 1.42. The van der Waals surface area contributed by atoms with Gasteiger partial charge in [0.05, 0.1) is 6.10 Å². The van der Waals surface area contributed by atoms with Gasteiger partial charge in [-0.25, -0.2) is 4.98 Å². The zero-order valence-corrected chi connectivity index (χ0v) is 8.75. The molecule has 0 aliphatic carbocycles. The molecule has 1 aliphatic rings. The monoisotopic (exact) mass is 221 g/mol. The van der Waals surface area contributed by atoms with Crippen LogP contribution in [0.15, 0.2) is 10.9 Å². The van der Waals surface area contributed by atoms with Crippen LogP contribution in [0.1, 0.15) is 31.8 Å². The Labute approximate surface area is 91.2 Å². The summed E-state index contributed by atoms with van der Waals surface area (Å²) in [7, 11) is 0. The van der Waals surface area contributed by atoms with Gasteiger partial charge < -0.3 is 9.26 Å². The van der Waals surface area contributed by atoms with Crippen LogP contribution in [-0.2, 0) is 4.74 Å². The van der Waals surface area contributed by atoms with Gasteiger partial charge in [-0.05, 0) is 19.8 Å². The maximum atomic E-state index is 5.64. The molecule has 1 saturated heterocycles. The molecule has 2 aromatic rings. The molecule has 3 rings (SSSR count). The Bertz CT molecular complexity index is 466. The van der Waals surface area contributed by atoms with E-state index in [1.165, 1.54) is 6.33 Å². The highest BCUT2D eigenvalue weighted by Crippen LogP contribution is 2.31. The first-order chi connectivity index (χ1) is 7.83. The van der Waals surface area contributed by atoms with Crippen LogP contribution >= 0.6 is 0 Å². The van der Waals surface area contributed by atoms with Crippen molar-refractivity contribution in [3.63, 3.8) is 0 Å². The van der Waals surface area contributed by atoms with E-state index in [-0.39, 0.29) is 12.2 Å². The largest absolute Gasteiger partial charge is 0.365 e. The maximum absolute atomic E-state index is 5.64. The molecule has 0 spiro atoms. The third-order valence-electron chi connectivity index (χ3n) is 2.58. The lowest BCUT2D eigenvalue weighted by molar-refractivity contribution is 0.0355. The van der Waals surface area contributed by atoms with Crippen LogP contribution in [0.3, 0.4) is 0 Å². The standard InChI is InChI=1S/C9H11N5O2/c1-5-2-3-6(15-5)9-12-8(14-16-9)7-10-4-11-13-7/h4-6H,2-3H2,1H3,(H,10,11,13). The molecule has 3 heterocycles. The minimum Gasteiger partial charge on any atom is -0.365 e. The van der Waals surface area contributed by atoms with Crippen LogP contribution < -0.4 is 0 Å². The third kappa shape index (κ3) is 1.58. The smallest absolute Gasteiger partial charge is 0.256 e. The second-order valence-electron chi connectivity index (χ2n) is 3.80. The van der Waals surface area contributed by atoms with E-state index in [0.717, 1.165) is 12.8 Å². The Morgan fingerprint density at radius 1 is 1.44 bits per heavy atom. The normalized spacial score (nSPS) is 25.1. The molecule has 0 saturated carbocycles.